The molecule has 0 amide bonds. The Bertz CT molecular complexity index is 179. The van der Waals surface area contributed by atoms with Gasteiger partial charge in [0.2, 0.25) is 0 Å². The van der Waals surface area contributed by atoms with Crippen molar-refractivity contribution in [2.24, 2.45) is 0 Å². The molecule has 0 spiro atoms. The van der Waals surface area contributed by atoms with Gasteiger partial charge in [-0.15, -0.1) is 0 Å². The third-order valence-electron chi connectivity index (χ3n) is 4.90. The molecule has 0 fully saturated rings. The number of hydrogen-bond acceptors (Lipinski definition) is 0. The van der Waals surface area contributed by atoms with Crippen molar-refractivity contribution in [1.82, 2.24) is 0 Å². The van der Waals surface area contributed by atoms with Crippen LogP contribution in [0.4, 0.5) is 0 Å². The SMILES string of the molecule is CCCCCCCC[PH](CC)(CCC)CCCCC. The van der Waals surface area contributed by atoms with Crippen molar-refractivity contribution in [3.05, 3.63) is 0 Å². The predicted octanol–water partition coefficient (Wildman–Crippen LogP) is 6.72. The van der Waals surface area contributed by atoms with E-state index in [1.165, 1.54) is 64.2 Å². The van der Waals surface area contributed by atoms with E-state index in [0.29, 0.717) is 0 Å². The molecule has 0 atom stereocenters. The average Bonchev–Trinajstić information content (AvgIpc) is 2.43. The summed E-state index contributed by atoms with van der Waals surface area (Å²) < 4.78 is 0. The molecule has 0 radical (unpaired) electrons. The molecule has 0 unspecified atom stereocenters. The molecule has 0 aliphatic rings. The number of rotatable bonds is 14. The second-order valence-corrected chi connectivity index (χ2v) is 11.8. The van der Waals surface area contributed by atoms with Gasteiger partial charge in [0, 0.05) is 0 Å². The molecule has 0 bridgehead atoms. The van der Waals surface area contributed by atoms with E-state index in [4.69, 9.17) is 0 Å². The van der Waals surface area contributed by atoms with Gasteiger partial charge in [0.15, 0.2) is 0 Å². The Balaban J connectivity index is 3.95. The fourth-order valence-electron chi connectivity index (χ4n) is 3.47. The van der Waals surface area contributed by atoms with E-state index in [-0.39, 0.29) is 0 Å². The van der Waals surface area contributed by atoms with Crippen LogP contribution in [-0.4, -0.2) is 24.6 Å². The molecule has 0 saturated carbocycles. The fraction of sp³-hybridized carbons (Fsp3) is 1.00. The van der Waals surface area contributed by atoms with Crippen LogP contribution in [-0.2, 0) is 0 Å². The Morgan fingerprint density at radius 3 is 1.47 bits per heavy atom. The van der Waals surface area contributed by atoms with Crippen molar-refractivity contribution in [1.29, 1.82) is 0 Å². The first kappa shape index (κ1) is 19.4. The van der Waals surface area contributed by atoms with Crippen LogP contribution in [0.5, 0.6) is 0 Å². The minimum absolute atomic E-state index is 0.875. The Hall–Kier alpha value is 0.430. The van der Waals surface area contributed by atoms with Gasteiger partial charge in [-0.05, 0) is 0 Å². The van der Waals surface area contributed by atoms with Gasteiger partial charge in [0.25, 0.3) is 0 Å². The first-order valence-electron chi connectivity index (χ1n) is 9.24. The monoisotopic (exact) mass is 288 g/mol. The average molecular weight is 289 g/mol. The molecule has 0 aromatic heterocycles. The normalized spacial score (nSPS) is 12.8. The van der Waals surface area contributed by atoms with Crippen LogP contribution in [0, 0.1) is 0 Å². The van der Waals surface area contributed by atoms with E-state index < -0.39 is 7.26 Å². The van der Waals surface area contributed by atoms with Gasteiger partial charge in [-0.25, -0.2) is 0 Å². The summed E-state index contributed by atoms with van der Waals surface area (Å²) >= 11 is 0. The molecule has 0 aliphatic carbocycles. The van der Waals surface area contributed by atoms with E-state index in [1.54, 1.807) is 24.6 Å². The summed E-state index contributed by atoms with van der Waals surface area (Å²) in [5.74, 6) is 0. The summed E-state index contributed by atoms with van der Waals surface area (Å²) in [5.41, 5.74) is 0. The molecular weight excluding hydrogens is 247 g/mol. The van der Waals surface area contributed by atoms with Gasteiger partial charge < -0.3 is 0 Å². The van der Waals surface area contributed by atoms with E-state index in [1.807, 2.05) is 0 Å². The van der Waals surface area contributed by atoms with Gasteiger partial charge >= 0.3 is 124 Å². The maximum atomic E-state index is 2.49. The summed E-state index contributed by atoms with van der Waals surface area (Å²) in [5, 5.41) is 0. The molecule has 1 heteroatoms. The Morgan fingerprint density at radius 2 is 0.947 bits per heavy atom. The van der Waals surface area contributed by atoms with Gasteiger partial charge in [-0.3, -0.25) is 0 Å². The maximum absolute atomic E-state index is 2.49. The van der Waals surface area contributed by atoms with Crippen LogP contribution in [0.1, 0.15) is 91.9 Å². The van der Waals surface area contributed by atoms with Gasteiger partial charge in [0.1, 0.15) is 0 Å². The molecule has 0 heterocycles. The molecule has 0 aliphatic heterocycles. The van der Waals surface area contributed by atoms with E-state index in [9.17, 15) is 0 Å². The molecule has 0 rings (SSSR count). The molecule has 118 valence electrons. The summed E-state index contributed by atoms with van der Waals surface area (Å²) in [6, 6.07) is 0. The van der Waals surface area contributed by atoms with Crippen molar-refractivity contribution < 1.29 is 0 Å². The molecule has 0 aromatic carbocycles. The first-order valence-corrected chi connectivity index (χ1v) is 12.1. The van der Waals surface area contributed by atoms with Crippen molar-refractivity contribution in [3.8, 4) is 0 Å². The second-order valence-electron chi connectivity index (χ2n) is 6.58. The van der Waals surface area contributed by atoms with Gasteiger partial charge in [-0.1, -0.05) is 0 Å². The van der Waals surface area contributed by atoms with Crippen LogP contribution >= 0.6 is 7.26 Å². The molecule has 0 aromatic rings. The summed E-state index contributed by atoms with van der Waals surface area (Å²) in [7, 11) is -0.875. The van der Waals surface area contributed by atoms with E-state index >= 15 is 0 Å². The standard InChI is InChI=1S/C18H41P/c1-5-9-11-12-13-15-18-19(8-4,16-7-3)17-14-10-6-2/h19H,5-18H2,1-4H3. The van der Waals surface area contributed by atoms with Crippen molar-refractivity contribution in [2.45, 2.75) is 91.9 Å². The van der Waals surface area contributed by atoms with Crippen LogP contribution in [0.25, 0.3) is 0 Å². The van der Waals surface area contributed by atoms with Gasteiger partial charge in [0.05, 0.1) is 0 Å². The molecule has 0 saturated heterocycles. The Morgan fingerprint density at radius 1 is 0.474 bits per heavy atom. The Kier molecular flexibility index (Phi) is 13.7. The van der Waals surface area contributed by atoms with Crippen molar-refractivity contribution >= 4 is 7.26 Å². The number of hydrogen-bond donors (Lipinski definition) is 0. The summed E-state index contributed by atoms with van der Waals surface area (Å²) in [4.78, 5) is 0. The number of unbranched alkanes of at least 4 members (excludes halogenated alkanes) is 7. The third-order valence-corrected chi connectivity index (χ3v) is 10.8. The minimum atomic E-state index is -0.875. The topological polar surface area (TPSA) is 0 Å². The zero-order valence-corrected chi connectivity index (χ0v) is 15.4. The fourth-order valence-corrected chi connectivity index (χ4v) is 8.34. The van der Waals surface area contributed by atoms with Gasteiger partial charge in [-0.2, -0.15) is 0 Å². The molecule has 0 N–H and O–H groups in total. The molecule has 0 nitrogen and oxygen atoms in total. The van der Waals surface area contributed by atoms with Crippen LogP contribution in [0.3, 0.4) is 0 Å². The van der Waals surface area contributed by atoms with Crippen LogP contribution < -0.4 is 0 Å². The van der Waals surface area contributed by atoms with E-state index in [0.717, 1.165) is 0 Å². The zero-order valence-electron chi connectivity index (χ0n) is 14.4. The Labute approximate surface area is 124 Å². The second kappa shape index (κ2) is 13.4. The van der Waals surface area contributed by atoms with Crippen LogP contribution in [0.15, 0.2) is 0 Å². The first-order chi connectivity index (χ1) is 9.24. The third kappa shape index (κ3) is 9.89. The molecular formula is C18H41P. The van der Waals surface area contributed by atoms with Crippen LogP contribution in [0.2, 0.25) is 0 Å². The summed E-state index contributed by atoms with van der Waals surface area (Å²) in [6.07, 6.45) is 21.0. The predicted molar refractivity (Wildman–Crippen MR) is 96.6 cm³/mol. The molecule has 19 heavy (non-hydrogen) atoms. The van der Waals surface area contributed by atoms with E-state index in [2.05, 4.69) is 27.7 Å². The quantitative estimate of drug-likeness (QED) is 0.246. The van der Waals surface area contributed by atoms with Crippen molar-refractivity contribution in [2.75, 3.05) is 24.6 Å². The zero-order chi connectivity index (χ0) is 14.4. The van der Waals surface area contributed by atoms with Crippen molar-refractivity contribution in [3.63, 3.8) is 0 Å². The summed E-state index contributed by atoms with van der Waals surface area (Å²) in [6.45, 7) is 9.54.